The van der Waals surface area contributed by atoms with Gasteiger partial charge in [-0.1, -0.05) is 182 Å². The summed E-state index contributed by atoms with van der Waals surface area (Å²) in [4.78, 5) is 9.79. The third-order valence-electron chi connectivity index (χ3n) is 14.6. The first-order chi connectivity index (χ1) is 37.6. The third kappa shape index (κ3) is 7.54. The quantitative estimate of drug-likeness (QED) is 0.166. The Kier molecular flexibility index (Phi) is 10.3. The zero-order chi connectivity index (χ0) is 50.1. The van der Waals surface area contributed by atoms with Crippen LogP contribution >= 0.6 is 11.3 Å². The van der Waals surface area contributed by atoms with E-state index in [0.29, 0.717) is 11.8 Å². The van der Waals surface area contributed by atoms with Crippen LogP contribution in [0.1, 0.15) is 0 Å². The van der Waals surface area contributed by atoms with Crippen LogP contribution < -0.4 is 0 Å². The molecule has 16 aromatic rings. The molecule has 356 valence electrons. The minimum atomic E-state index is 0.638. The predicted octanol–water partition coefficient (Wildman–Crippen LogP) is 20.2. The predicted molar refractivity (Wildman–Crippen MR) is 316 cm³/mol. The number of furan rings is 1. The van der Waals surface area contributed by atoms with Gasteiger partial charge in [0.1, 0.15) is 22.2 Å². The molecule has 0 saturated carbocycles. The highest BCUT2D eigenvalue weighted by molar-refractivity contribution is 7.26. The van der Waals surface area contributed by atoms with Crippen LogP contribution in [0, 0.1) is 0 Å². The van der Waals surface area contributed by atoms with Crippen molar-refractivity contribution in [1.82, 2.24) is 9.97 Å². The number of oxazole rings is 2. The van der Waals surface area contributed by atoms with Crippen molar-refractivity contribution < 1.29 is 13.3 Å². The van der Waals surface area contributed by atoms with Crippen molar-refractivity contribution in [2.75, 3.05) is 0 Å². The SMILES string of the molecule is c1ccc(-c2nc3c(ccc4ccc(-c5cccc(-c6cccc7c6oc6ccccc67)c5)cc43)o2)cc1.c1ccc(-c2nc3c(ccc4ccc(-c5cccc(-c6cccc7c6sc6ccccc67)c5)cc43)o2)cc1. The fourth-order valence-corrected chi connectivity index (χ4v) is 12.1. The van der Waals surface area contributed by atoms with Crippen molar-refractivity contribution >= 4 is 97.2 Å². The summed E-state index contributed by atoms with van der Waals surface area (Å²) in [6.07, 6.45) is 0. The first-order valence-corrected chi connectivity index (χ1v) is 26.2. The van der Waals surface area contributed by atoms with Gasteiger partial charge in [0, 0.05) is 58.4 Å². The van der Waals surface area contributed by atoms with Crippen molar-refractivity contribution in [3.8, 4) is 67.4 Å². The Labute approximate surface area is 440 Å². The van der Waals surface area contributed by atoms with Crippen LogP contribution in [-0.4, -0.2) is 9.97 Å². The average Bonchev–Trinajstić information content (AvgIpc) is 4.34. The van der Waals surface area contributed by atoms with E-state index in [-0.39, 0.29) is 0 Å². The summed E-state index contributed by atoms with van der Waals surface area (Å²) in [7, 11) is 0. The largest absolute Gasteiger partial charge is 0.455 e. The highest BCUT2D eigenvalue weighted by Gasteiger charge is 2.17. The van der Waals surface area contributed by atoms with Crippen LogP contribution in [0.3, 0.4) is 0 Å². The summed E-state index contributed by atoms with van der Waals surface area (Å²) < 4.78 is 21.2. The molecule has 0 saturated heterocycles. The maximum atomic E-state index is 6.31. The normalized spacial score (nSPS) is 11.7. The summed E-state index contributed by atoms with van der Waals surface area (Å²) in [5.74, 6) is 1.29. The number of hydrogen-bond donors (Lipinski definition) is 0. The van der Waals surface area contributed by atoms with Gasteiger partial charge in [-0.2, -0.15) is 0 Å². The molecule has 0 aliphatic carbocycles. The highest BCUT2D eigenvalue weighted by Crippen LogP contribution is 2.42. The number of para-hydroxylation sites is 2. The Hall–Kier alpha value is -9.88. The summed E-state index contributed by atoms with van der Waals surface area (Å²) in [6, 6.07) is 88.9. The van der Waals surface area contributed by atoms with Gasteiger partial charge in [-0.3, -0.25) is 0 Å². The Morgan fingerprint density at radius 3 is 1.37 bits per heavy atom. The molecule has 0 unspecified atom stereocenters. The maximum Gasteiger partial charge on any atom is 0.227 e. The van der Waals surface area contributed by atoms with Gasteiger partial charge in [0.2, 0.25) is 11.8 Å². The van der Waals surface area contributed by atoms with Gasteiger partial charge in [0.15, 0.2) is 11.2 Å². The zero-order valence-corrected chi connectivity index (χ0v) is 41.6. The molecule has 12 aromatic carbocycles. The monoisotopic (exact) mass is 990 g/mol. The van der Waals surface area contributed by atoms with Crippen molar-refractivity contribution in [1.29, 1.82) is 0 Å². The molecule has 4 heterocycles. The first-order valence-electron chi connectivity index (χ1n) is 25.4. The number of rotatable bonds is 6. The first kappa shape index (κ1) is 43.7. The summed E-state index contributed by atoms with van der Waals surface area (Å²) in [6.45, 7) is 0. The van der Waals surface area contributed by atoms with Gasteiger partial charge in [0.05, 0.1) is 0 Å². The molecule has 0 atom stereocenters. The third-order valence-corrected chi connectivity index (χ3v) is 15.8. The summed E-state index contributed by atoms with van der Waals surface area (Å²) >= 11 is 1.87. The topological polar surface area (TPSA) is 65.2 Å². The fraction of sp³-hybridized carbons (Fsp3) is 0. The highest BCUT2D eigenvalue weighted by atomic mass is 32.1. The van der Waals surface area contributed by atoms with E-state index in [9.17, 15) is 0 Å². The van der Waals surface area contributed by atoms with Crippen molar-refractivity contribution in [2.45, 2.75) is 0 Å². The smallest absolute Gasteiger partial charge is 0.227 e. The van der Waals surface area contributed by atoms with E-state index in [4.69, 9.17) is 23.2 Å². The van der Waals surface area contributed by atoms with Gasteiger partial charge in [-0.05, 0) is 123 Å². The number of thiophene rings is 1. The molecule has 0 N–H and O–H groups in total. The molecule has 0 fully saturated rings. The number of nitrogens with zero attached hydrogens (tertiary/aromatic N) is 2. The molecule has 16 rings (SSSR count). The number of aromatic nitrogens is 2. The second-order valence-electron chi connectivity index (χ2n) is 19.2. The molecule has 0 aliphatic rings. The summed E-state index contributed by atoms with van der Waals surface area (Å²) in [5.41, 5.74) is 16.5. The lowest BCUT2D eigenvalue weighted by molar-refractivity contribution is 0.619. The van der Waals surface area contributed by atoms with Gasteiger partial charge in [-0.15, -0.1) is 11.3 Å². The van der Waals surface area contributed by atoms with Crippen molar-refractivity contribution in [2.24, 2.45) is 0 Å². The van der Waals surface area contributed by atoms with Gasteiger partial charge in [0.25, 0.3) is 0 Å². The molecular formula is C70H42N2O3S. The van der Waals surface area contributed by atoms with E-state index >= 15 is 0 Å². The van der Waals surface area contributed by atoms with E-state index in [1.54, 1.807) is 0 Å². The molecule has 5 nitrogen and oxygen atoms in total. The lowest BCUT2D eigenvalue weighted by Crippen LogP contribution is -1.84. The second kappa shape index (κ2) is 18.0. The minimum absolute atomic E-state index is 0.638. The Morgan fingerprint density at radius 2 is 0.737 bits per heavy atom. The molecule has 76 heavy (non-hydrogen) atoms. The molecule has 6 heteroatoms. The van der Waals surface area contributed by atoms with E-state index in [0.717, 1.165) is 99.1 Å². The van der Waals surface area contributed by atoms with Crippen LogP contribution in [0.5, 0.6) is 0 Å². The minimum Gasteiger partial charge on any atom is -0.455 e. The molecule has 0 bridgehead atoms. The molecule has 0 spiro atoms. The van der Waals surface area contributed by atoms with Crippen LogP contribution in [-0.2, 0) is 0 Å². The Balaban J connectivity index is 0.000000133. The maximum absolute atomic E-state index is 6.31. The number of fused-ring (bicyclic) bond motifs is 12. The number of benzene rings is 12. The van der Waals surface area contributed by atoms with Gasteiger partial charge >= 0.3 is 0 Å². The standard InChI is InChI=1S/C35H21NO2.C35H21NOS/c1-2-8-23(9-3-1)35-36-33-30-21-25(17-16-22(30)18-19-32(33)38-35)24-10-6-11-26(20-24)27-13-7-14-29-28-12-4-5-15-31(28)37-34(27)29;1-2-8-23(9-3-1)35-36-33-30-21-25(17-16-22(30)18-19-31(33)37-35)24-10-6-11-26(20-24)27-13-7-14-29-28-12-4-5-15-32(28)38-34(27)29/h2*1-21H. The van der Waals surface area contributed by atoms with E-state index in [1.807, 2.05) is 96.3 Å². The molecule has 4 aromatic heterocycles. The van der Waals surface area contributed by atoms with E-state index in [2.05, 4.69) is 170 Å². The van der Waals surface area contributed by atoms with Gasteiger partial charge in [-0.25, -0.2) is 9.97 Å². The molecule has 0 radical (unpaired) electrons. The summed E-state index contributed by atoms with van der Waals surface area (Å²) in [5, 5.41) is 9.39. The van der Waals surface area contributed by atoms with Crippen molar-refractivity contribution in [3.63, 3.8) is 0 Å². The molecule has 0 amide bonds. The Bertz CT molecular complexity index is 4580. The van der Waals surface area contributed by atoms with Crippen LogP contribution in [0.15, 0.2) is 268 Å². The molecular weight excluding hydrogens is 949 g/mol. The van der Waals surface area contributed by atoms with E-state index < -0.39 is 0 Å². The van der Waals surface area contributed by atoms with Gasteiger partial charge < -0.3 is 13.3 Å². The average molecular weight is 991 g/mol. The molecule has 0 aliphatic heterocycles. The lowest BCUT2D eigenvalue weighted by Gasteiger charge is -2.09. The number of hydrogen-bond acceptors (Lipinski definition) is 6. The zero-order valence-electron chi connectivity index (χ0n) is 40.8. The fourth-order valence-electron chi connectivity index (χ4n) is 10.9. The van der Waals surface area contributed by atoms with Crippen LogP contribution in [0.25, 0.3) is 153 Å². The van der Waals surface area contributed by atoms with E-state index in [1.165, 1.54) is 42.4 Å². The lowest BCUT2D eigenvalue weighted by atomic mass is 9.96. The Morgan fingerprint density at radius 1 is 0.276 bits per heavy atom. The van der Waals surface area contributed by atoms with Crippen LogP contribution in [0.2, 0.25) is 0 Å². The van der Waals surface area contributed by atoms with Crippen molar-refractivity contribution in [3.05, 3.63) is 255 Å². The second-order valence-corrected chi connectivity index (χ2v) is 20.2. The van der Waals surface area contributed by atoms with Crippen LogP contribution in [0.4, 0.5) is 0 Å².